The van der Waals surface area contributed by atoms with Gasteiger partial charge in [0.15, 0.2) is 0 Å². The van der Waals surface area contributed by atoms with Gasteiger partial charge < -0.3 is 11.1 Å². The van der Waals surface area contributed by atoms with Crippen LogP contribution in [-0.4, -0.2) is 11.8 Å². The van der Waals surface area contributed by atoms with Gasteiger partial charge in [-0.25, -0.2) is 0 Å². The third-order valence-electron chi connectivity index (χ3n) is 4.10. The number of hydrogen-bond acceptors (Lipinski definition) is 2. The Hall–Kier alpha value is -2.62. The summed E-state index contributed by atoms with van der Waals surface area (Å²) in [5.74, 6) is -0.671. The standard InChI is InChI=1S/C18H18N2O2/c19-17(21)13-7-3-8-14(11-13)20-18(22)16-10-4-6-12-5-1-2-9-15(12)16/h1-3,5,7-9,11,16H,4,6,10H2,(H2,19,21)(H,20,22)/t16-/m1/s1. The summed E-state index contributed by atoms with van der Waals surface area (Å²) >= 11 is 0. The van der Waals surface area contributed by atoms with Crippen molar-refractivity contribution in [3.63, 3.8) is 0 Å². The number of anilines is 1. The molecule has 0 saturated carbocycles. The summed E-state index contributed by atoms with van der Waals surface area (Å²) in [6.07, 6.45) is 2.88. The summed E-state index contributed by atoms with van der Waals surface area (Å²) in [4.78, 5) is 23.8. The van der Waals surface area contributed by atoms with Crippen molar-refractivity contribution in [2.45, 2.75) is 25.2 Å². The zero-order chi connectivity index (χ0) is 15.5. The van der Waals surface area contributed by atoms with Crippen molar-refractivity contribution >= 4 is 17.5 Å². The van der Waals surface area contributed by atoms with Crippen LogP contribution in [0, 0.1) is 0 Å². The normalized spacial score (nSPS) is 16.6. The number of rotatable bonds is 3. The van der Waals surface area contributed by atoms with Crippen molar-refractivity contribution in [3.8, 4) is 0 Å². The van der Waals surface area contributed by atoms with Crippen molar-refractivity contribution in [3.05, 3.63) is 65.2 Å². The van der Waals surface area contributed by atoms with Crippen LogP contribution in [0.1, 0.15) is 40.2 Å². The first-order valence-corrected chi connectivity index (χ1v) is 7.43. The first-order chi connectivity index (χ1) is 10.6. The zero-order valence-corrected chi connectivity index (χ0v) is 12.2. The Kier molecular flexibility index (Phi) is 3.92. The Morgan fingerprint density at radius 1 is 1.09 bits per heavy atom. The number of hydrogen-bond donors (Lipinski definition) is 2. The van der Waals surface area contributed by atoms with E-state index in [0.29, 0.717) is 11.3 Å². The second-order valence-corrected chi connectivity index (χ2v) is 5.58. The molecule has 0 unspecified atom stereocenters. The first-order valence-electron chi connectivity index (χ1n) is 7.43. The van der Waals surface area contributed by atoms with E-state index in [1.165, 1.54) is 5.56 Å². The van der Waals surface area contributed by atoms with E-state index in [-0.39, 0.29) is 11.8 Å². The minimum atomic E-state index is -0.501. The van der Waals surface area contributed by atoms with Gasteiger partial charge in [-0.1, -0.05) is 30.3 Å². The Bertz CT molecular complexity index is 725. The van der Waals surface area contributed by atoms with Crippen LogP contribution in [0.4, 0.5) is 5.69 Å². The molecule has 3 rings (SSSR count). The summed E-state index contributed by atoms with van der Waals surface area (Å²) in [5, 5.41) is 2.90. The maximum absolute atomic E-state index is 12.6. The van der Waals surface area contributed by atoms with Gasteiger partial charge in [0, 0.05) is 11.3 Å². The van der Waals surface area contributed by atoms with E-state index in [0.717, 1.165) is 24.8 Å². The molecule has 0 heterocycles. The Morgan fingerprint density at radius 3 is 2.73 bits per heavy atom. The fourth-order valence-corrected chi connectivity index (χ4v) is 3.01. The number of carbonyl (C=O) groups is 2. The average molecular weight is 294 g/mol. The van der Waals surface area contributed by atoms with Crippen molar-refractivity contribution in [1.82, 2.24) is 0 Å². The molecule has 0 bridgehead atoms. The summed E-state index contributed by atoms with van der Waals surface area (Å²) in [6, 6.07) is 14.8. The number of nitrogens with one attached hydrogen (secondary N) is 1. The highest BCUT2D eigenvalue weighted by Crippen LogP contribution is 2.32. The molecule has 0 spiro atoms. The lowest BCUT2D eigenvalue weighted by Crippen LogP contribution is -2.24. The molecule has 2 aromatic rings. The smallest absolute Gasteiger partial charge is 0.248 e. The number of amides is 2. The molecular formula is C18H18N2O2. The van der Waals surface area contributed by atoms with Crippen LogP contribution in [0.3, 0.4) is 0 Å². The quantitative estimate of drug-likeness (QED) is 0.913. The van der Waals surface area contributed by atoms with Gasteiger partial charge in [-0.2, -0.15) is 0 Å². The fourth-order valence-electron chi connectivity index (χ4n) is 3.01. The molecular weight excluding hydrogens is 276 g/mol. The Morgan fingerprint density at radius 2 is 1.91 bits per heavy atom. The number of aryl methyl sites for hydroxylation is 1. The molecule has 0 aliphatic heterocycles. The molecule has 1 aliphatic carbocycles. The summed E-state index contributed by atoms with van der Waals surface area (Å²) in [7, 11) is 0. The second kappa shape index (κ2) is 6.02. The van der Waals surface area contributed by atoms with Gasteiger partial charge >= 0.3 is 0 Å². The van der Waals surface area contributed by atoms with Crippen LogP contribution >= 0.6 is 0 Å². The van der Waals surface area contributed by atoms with Crippen molar-refractivity contribution < 1.29 is 9.59 Å². The predicted molar refractivity (Wildman–Crippen MR) is 85.7 cm³/mol. The van der Waals surface area contributed by atoms with Crippen LogP contribution in [-0.2, 0) is 11.2 Å². The molecule has 0 fully saturated rings. The SMILES string of the molecule is NC(=O)c1cccc(NC(=O)[C@@H]2CCCc3ccccc32)c1. The molecule has 2 aromatic carbocycles. The molecule has 0 aromatic heterocycles. The largest absolute Gasteiger partial charge is 0.366 e. The van der Waals surface area contributed by atoms with Crippen molar-refractivity contribution in [2.24, 2.45) is 5.73 Å². The highest BCUT2D eigenvalue weighted by atomic mass is 16.2. The minimum Gasteiger partial charge on any atom is -0.366 e. The highest BCUT2D eigenvalue weighted by Gasteiger charge is 2.26. The number of primary amides is 1. The molecule has 2 amide bonds. The molecule has 4 nitrogen and oxygen atoms in total. The molecule has 1 atom stereocenters. The highest BCUT2D eigenvalue weighted by molar-refractivity contribution is 5.98. The van der Waals surface area contributed by atoms with Gasteiger partial charge in [0.2, 0.25) is 11.8 Å². The lowest BCUT2D eigenvalue weighted by atomic mass is 9.82. The van der Waals surface area contributed by atoms with E-state index < -0.39 is 5.91 Å². The number of carbonyl (C=O) groups excluding carboxylic acids is 2. The van der Waals surface area contributed by atoms with E-state index in [2.05, 4.69) is 11.4 Å². The molecule has 1 aliphatic rings. The third kappa shape index (κ3) is 2.86. The van der Waals surface area contributed by atoms with E-state index in [9.17, 15) is 9.59 Å². The molecule has 0 saturated heterocycles. The van der Waals surface area contributed by atoms with Crippen molar-refractivity contribution in [2.75, 3.05) is 5.32 Å². The Labute approximate surface area is 129 Å². The summed E-state index contributed by atoms with van der Waals surface area (Å²) < 4.78 is 0. The molecule has 0 radical (unpaired) electrons. The van der Waals surface area contributed by atoms with E-state index in [4.69, 9.17) is 5.73 Å². The van der Waals surface area contributed by atoms with E-state index >= 15 is 0 Å². The fraction of sp³-hybridized carbons (Fsp3) is 0.222. The third-order valence-corrected chi connectivity index (χ3v) is 4.10. The van der Waals surface area contributed by atoms with Crippen LogP contribution < -0.4 is 11.1 Å². The van der Waals surface area contributed by atoms with Gasteiger partial charge in [0.25, 0.3) is 0 Å². The molecule has 3 N–H and O–H groups in total. The maximum atomic E-state index is 12.6. The predicted octanol–water partition coefficient (Wildman–Crippen LogP) is 2.84. The van der Waals surface area contributed by atoms with Gasteiger partial charge in [-0.3, -0.25) is 9.59 Å². The van der Waals surface area contributed by atoms with Gasteiger partial charge in [0.05, 0.1) is 5.92 Å². The first kappa shape index (κ1) is 14.3. The van der Waals surface area contributed by atoms with Crippen LogP contribution in [0.15, 0.2) is 48.5 Å². The topological polar surface area (TPSA) is 72.2 Å². The van der Waals surface area contributed by atoms with Gasteiger partial charge in [-0.05, 0) is 48.6 Å². The van der Waals surface area contributed by atoms with Crippen LogP contribution in [0.5, 0.6) is 0 Å². The number of benzene rings is 2. The van der Waals surface area contributed by atoms with Crippen LogP contribution in [0.25, 0.3) is 0 Å². The lowest BCUT2D eigenvalue weighted by Gasteiger charge is -2.24. The number of fused-ring (bicyclic) bond motifs is 1. The van der Waals surface area contributed by atoms with Gasteiger partial charge in [-0.15, -0.1) is 0 Å². The van der Waals surface area contributed by atoms with Crippen molar-refractivity contribution in [1.29, 1.82) is 0 Å². The molecule has 112 valence electrons. The summed E-state index contributed by atoms with van der Waals surface area (Å²) in [6.45, 7) is 0. The average Bonchev–Trinajstić information content (AvgIpc) is 2.54. The van der Waals surface area contributed by atoms with Gasteiger partial charge in [0.1, 0.15) is 0 Å². The molecule has 4 heteroatoms. The monoisotopic (exact) mass is 294 g/mol. The Balaban J connectivity index is 1.81. The summed E-state index contributed by atoms with van der Waals surface area (Å²) in [5.41, 5.74) is 8.62. The minimum absolute atomic E-state index is 0.0335. The zero-order valence-electron chi connectivity index (χ0n) is 12.2. The molecule has 22 heavy (non-hydrogen) atoms. The van der Waals surface area contributed by atoms with E-state index in [1.807, 2.05) is 18.2 Å². The maximum Gasteiger partial charge on any atom is 0.248 e. The van der Waals surface area contributed by atoms with E-state index in [1.54, 1.807) is 24.3 Å². The second-order valence-electron chi connectivity index (χ2n) is 5.58. The lowest BCUT2D eigenvalue weighted by molar-refractivity contribution is -0.117. The van der Waals surface area contributed by atoms with Crippen LogP contribution in [0.2, 0.25) is 0 Å². The number of nitrogens with two attached hydrogens (primary N) is 1.